The minimum absolute atomic E-state index is 0.245. The van der Waals surface area contributed by atoms with Crippen LogP contribution in [0.2, 0.25) is 0 Å². The molecule has 3 amide bonds. The zero-order valence-electron chi connectivity index (χ0n) is 19.7. The predicted molar refractivity (Wildman–Crippen MR) is 136 cm³/mol. The Kier molecular flexibility index (Phi) is 6.33. The van der Waals surface area contributed by atoms with E-state index in [2.05, 4.69) is 39.4 Å². The van der Waals surface area contributed by atoms with Crippen LogP contribution in [0.25, 0.3) is 0 Å². The second kappa shape index (κ2) is 9.72. The molecule has 1 saturated heterocycles. The fourth-order valence-electron chi connectivity index (χ4n) is 4.71. The van der Waals surface area contributed by atoms with Gasteiger partial charge in [0, 0.05) is 50.5 Å². The number of aryl methyl sites for hydroxylation is 1. The quantitative estimate of drug-likeness (QED) is 0.562. The van der Waals surface area contributed by atoms with Gasteiger partial charge in [-0.2, -0.15) is 0 Å². The van der Waals surface area contributed by atoms with E-state index in [9.17, 15) is 14.4 Å². The second-order valence-corrected chi connectivity index (χ2v) is 8.91. The number of piperazine rings is 1. The maximum atomic E-state index is 13.0. The number of hydrogen-bond donors (Lipinski definition) is 1. The molecule has 1 N–H and O–H groups in total. The van der Waals surface area contributed by atoms with Crippen LogP contribution in [0.5, 0.6) is 0 Å². The Balaban J connectivity index is 1.17. The average molecular weight is 469 g/mol. The normalized spacial score (nSPS) is 15.9. The molecule has 0 unspecified atom stereocenters. The molecular formula is C28H28N4O3. The predicted octanol–water partition coefficient (Wildman–Crippen LogP) is 3.35. The van der Waals surface area contributed by atoms with Gasteiger partial charge in [-0.05, 0) is 48.9 Å². The van der Waals surface area contributed by atoms with E-state index in [1.54, 1.807) is 24.3 Å². The summed E-state index contributed by atoms with van der Waals surface area (Å²) in [6.45, 7) is 6.93. The molecule has 3 aromatic carbocycles. The molecule has 0 aromatic heterocycles. The molecule has 2 aliphatic heterocycles. The second-order valence-electron chi connectivity index (χ2n) is 8.91. The van der Waals surface area contributed by atoms with Crippen molar-refractivity contribution in [3.63, 3.8) is 0 Å². The highest BCUT2D eigenvalue weighted by Crippen LogP contribution is 2.31. The van der Waals surface area contributed by atoms with Gasteiger partial charge in [0.1, 0.15) is 0 Å². The van der Waals surface area contributed by atoms with E-state index in [1.165, 1.54) is 16.7 Å². The summed E-state index contributed by atoms with van der Waals surface area (Å²) < 4.78 is 0. The zero-order chi connectivity index (χ0) is 24.4. The molecule has 0 aliphatic carbocycles. The number of nitrogens with zero attached hydrogens (tertiary/aromatic N) is 3. The minimum Gasteiger partial charge on any atom is -0.369 e. The highest BCUT2D eigenvalue weighted by Gasteiger charge is 2.37. The average Bonchev–Trinajstić information content (AvgIpc) is 3.14. The lowest BCUT2D eigenvalue weighted by atomic mass is 10.1. The molecule has 35 heavy (non-hydrogen) atoms. The van der Waals surface area contributed by atoms with Gasteiger partial charge in [0.2, 0.25) is 0 Å². The van der Waals surface area contributed by atoms with Crippen molar-refractivity contribution in [2.24, 2.45) is 0 Å². The molecule has 1 fully saturated rings. The molecular weight excluding hydrogens is 440 g/mol. The van der Waals surface area contributed by atoms with Gasteiger partial charge in [-0.1, -0.05) is 36.4 Å². The molecule has 0 bridgehead atoms. The zero-order valence-corrected chi connectivity index (χ0v) is 19.7. The van der Waals surface area contributed by atoms with Crippen molar-refractivity contribution in [3.05, 3.63) is 95.1 Å². The first-order valence-corrected chi connectivity index (χ1v) is 11.9. The Bertz CT molecular complexity index is 1270. The van der Waals surface area contributed by atoms with Crippen molar-refractivity contribution < 1.29 is 14.4 Å². The fraction of sp³-hybridized carbons (Fsp3) is 0.250. The van der Waals surface area contributed by atoms with Gasteiger partial charge in [-0.3, -0.25) is 19.3 Å². The number of rotatable bonds is 6. The Hall–Kier alpha value is -3.97. The highest BCUT2D eigenvalue weighted by atomic mass is 16.2. The number of carbonyl (C=O) groups is 3. The molecule has 2 aliphatic rings. The number of fused-ring (bicyclic) bond motifs is 1. The van der Waals surface area contributed by atoms with Gasteiger partial charge in [-0.25, -0.2) is 4.90 Å². The molecule has 2 heterocycles. The van der Waals surface area contributed by atoms with Gasteiger partial charge in [-0.15, -0.1) is 0 Å². The van der Waals surface area contributed by atoms with Crippen LogP contribution in [0.1, 0.15) is 36.6 Å². The maximum Gasteiger partial charge on any atom is 0.266 e. The van der Waals surface area contributed by atoms with Gasteiger partial charge >= 0.3 is 0 Å². The fourth-order valence-corrected chi connectivity index (χ4v) is 4.71. The van der Waals surface area contributed by atoms with Gasteiger partial charge in [0.05, 0.1) is 16.8 Å². The summed E-state index contributed by atoms with van der Waals surface area (Å²) in [5, 5.41) is 2.95. The molecule has 7 nitrogen and oxygen atoms in total. The lowest BCUT2D eigenvalue weighted by molar-refractivity contribution is 0.0923. The summed E-state index contributed by atoms with van der Waals surface area (Å²) in [7, 11) is 0. The third-order valence-electron chi connectivity index (χ3n) is 6.71. The topological polar surface area (TPSA) is 73.0 Å². The van der Waals surface area contributed by atoms with E-state index in [0.29, 0.717) is 23.4 Å². The van der Waals surface area contributed by atoms with Crippen LogP contribution in [0, 0.1) is 6.92 Å². The monoisotopic (exact) mass is 468 g/mol. The number of anilines is 2. The summed E-state index contributed by atoms with van der Waals surface area (Å²) in [5.41, 5.74) is 3.62. The number of hydrogen-bond acceptors (Lipinski definition) is 5. The third kappa shape index (κ3) is 4.55. The smallest absolute Gasteiger partial charge is 0.266 e. The lowest BCUT2D eigenvalue weighted by Crippen LogP contribution is -2.48. The number of carbonyl (C=O) groups excluding carboxylic acids is 3. The van der Waals surface area contributed by atoms with Crippen molar-refractivity contribution in [2.75, 3.05) is 49.1 Å². The first kappa shape index (κ1) is 22.8. The van der Waals surface area contributed by atoms with Crippen LogP contribution < -0.4 is 15.1 Å². The number of nitrogens with one attached hydrogen (secondary N) is 1. The summed E-state index contributed by atoms with van der Waals surface area (Å²) in [4.78, 5) is 44.6. The standard InChI is InChI=1S/C28H28N4O3/c1-20-7-5-6-10-25(20)32-27(34)23-12-11-21(19-24(23)28(32)35)26(33)29-13-14-30-15-17-31(18-16-30)22-8-3-2-4-9-22/h2-12,19H,13-18H2,1H3,(H,29,33). The summed E-state index contributed by atoms with van der Waals surface area (Å²) in [5.74, 6) is -1.00. The van der Waals surface area contributed by atoms with Crippen LogP contribution in [0.4, 0.5) is 11.4 Å². The van der Waals surface area contributed by atoms with Crippen LogP contribution in [-0.2, 0) is 0 Å². The largest absolute Gasteiger partial charge is 0.369 e. The molecule has 7 heteroatoms. The summed E-state index contributed by atoms with van der Waals surface area (Å²) in [6, 6.07) is 22.4. The third-order valence-corrected chi connectivity index (χ3v) is 6.71. The van der Waals surface area contributed by atoms with Crippen molar-refractivity contribution in [2.45, 2.75) is 6.92 Å². The van der Waals surface area contributed by atoms with E-state index in [1.807, 2.05) is 25.1 Å². The van der Waals surface area contributed by atoms with E-state index in [-0.39, 0.29) is 17.4 Å². The molecule has 5 rings (SSSR count). The Morgan fingerprint density at radius 2 is 1.51 bits per heavy atom. The van der Waals surface area contributed by atoms with E-state index in [4.69, 9.17) is 0 Å². The van der Waals surface area contributed by atoms with Crippen LogP contribution in [0.15, 0.2) is 72.8 Å². The number of amides is 3. The summed E-state index contributed by atoms with van der Waals surface area (Å²) >= 11 is 0. The van der Waals surface area contributed by atoms with Crippen molar-refractivity contribution in [3.8, 4) is 0 Å². The SMILES string of the molecule is Cc1ccccc1N1C(=O)c2ccc(C(=O)NCCN3CCN(c4ccccc4)CC3)cc2C1=O. The Morgan fingerprint density at radius 1 is 0.829 bits per heavy atom. The van der Waals surface area contributed by atoms with E-state index in [0.717, 1.165) is 38.3 Å². The lowest BCUT2D eigenvalue weighted by Gasteiger charge is -2.36. The van der Waals surface area contributed by atoms with Crippen LogP contribution >= 0.6 is 0 Å². The first-order valence-electron chi connectivity index (χ1n) is 11.9. The number of benzene rings is 3. The molecule has 0 radical (unpaired) electrons. The van der Waals surface area contributed by atoms with Gasteiger partial charge in [0.15, 0.2) is 0 Å². The van der Waals surface area contributed by atoms with Gasteiger partial charge < -0.3 is 10.2 Å². The Morgan fingerprint density at radius 3 is 2.26 bits per heavy atom. The minimum atomic E-state index is -0.398. The van der Waals surface area contributed by atoms with Gasteiger partial charge in [0.25, 0.3) is 17.7 Å². The molecule has 0 atom stereocenters. The number of para-hydroxylation sites is 2. The first-order chi connectivity index (χ1) is 17.0. The van der Waals surface area contributed by atoms with E-state index >= 15 is 0 Å². The molecule has 3 aromatic rings. The van der Waals surface area contributed by atoms with Crippen molar-refractivity contribution >= 4 is 29.1 Å². The Labute approximate surface area is 204 Å². The van der Waals surface area contributed by atoms with Crippen molar-refractivity contribution in [1.29, 1.82) is 0 Å². The van der Waals surface area contributed by atoms with Crippen LogP contribution in [-0.4, -0.2) is 61.9 Å². The van der Waals surface area contributed by atoms with E-state index < -0.39 is 5.91 Å². The number of imide groups is 1. The van der Waals surface area contributed by atoms with Crippen LogP contribution in [0.3, 0.4) is 0 Å². The molecule has 0 spiro atoms. The maximum absolute atomic E-state index is 13.0. The highest BCUT2D eigenvalue weighted by molar-refractivity contribution is 6.35. The molecule has 0 saturated carbocycles. The summed E-state index contributed by atoms with van der Waals surface area (Å²) in [6.07, 6.45) is 0. The molecule has 178 valence electrons. The van der Waals surface area contributed by atoms with Crippen molar-refractivity contribution in [1.82, 2.24) is 10.2 Å².